The Kier molecular flexibility index (Phi) is 6.22. The van der Waals surface area contributed by atoms with E-state index < -0.39 is 6.04 Å². The highest BCUT2D eigenvalue weighted by molar-refractivity contribution is 5.92. The van der Waals surface area contributed by atoms with Crippen LogP contribution >= 0.6 is 0 Å². The van der Waals surface area contributed by atoms with Crippen LogP contribution in [0.25, 0.3) is 0 Å². The molecule has 0 radical (unpaired) electrons. The normalized spacial score (nSPS) is 11.9. The lowest BCUT2D eigenvalue weighted by molar-refractivity contribution is -0.147. The number of ether oxygens (including phenoxy) is 1. The fraction of sp³-hybridized carbons (Fsp3) is 0.368. The number of hydrogen-bond acceptors (Lipinski definition) is 5. The quantitative estimate of drug-likeness (QED) is 0.817. The molecule has 0 unspecified atom stereocenters. The topological polar surface area (TPSA) is 81.2 Å². The first kappa shape index (κ1) is 18.6. The summed E-state index contributed by atoms with van der Waals surface area (Å²) < 4.78 is 5.22. The first-order chi connectivity index (χ1) is 11.8. The molecule has 0 aliphatic heterocycles. The zero-order chi connectivity index (χ0) is 18.4. The number of nitrogens with one attached hydrogen (secondary N) is 1. The van der Waals surface area contributed by atoms with Gasteiger partial charge in [0.25, 0.3) is 5.91 Å². The SMILES string of the molecule is Cc1ccc([C@H](CC(=O)OC(C)C)NC(=O)c2ccnc(C)n2)cc1. The van der Waals surface area contributed by atoms with E-state index in [2.05, 4.69) is 15.3 Å². The Morgan fingerprint density at radius 1 is 1.12 bits per heavy atom. The Morgan fingerprint density at radius 3 is 2.40 bits per heavy atom. The molecule has 6 heteroatoms. The maximum atomic E-state index is 12.5. The van der Waals surface area contributed by atoms with Gasteiger partial charge in [0.2, 0.25) is 0 Å². The molecule has 6 nitrogen and oxygen atoms in total. The van der Waals surface area contributed by atoms with E-state index in [1.54, 1.807) is 26.8 Å². The van der Waals surface area contributed by atoms with Gasteiger partial charge in [0, 0.05) is 6.20 Å². The molecule has 0 aliphatic rings. The lowest BCUT2D eigenvalue weighted by Gasteiger charge is -2.19. The van der Waals surface area contributed by atoms with E-state index in [-0.39, 0.29) is 30.1 Å². The highest BCUT2D eigenvalue weighted by Gasteiger charge is 2.21. The molecule has 25 heavy (non-hydrogen) atoms. The van der Waals surface area contributed by atoms with Gasteiger partial charge in [-0.05, 0) is 39.3 Å². The van der Waals surface area contributed by atoms with Gasteiger partial charge in [-0.15, -0.1) is 0 Å². The van der Waals surface area contributed by atoms with Gasteiger partial charge in [0.1, 0.15) is 11.5 Å². The van der Waals surface area contributed by atoms with E-state index >= 15 is 0 Å². The number of amides is 1. The molecule has 0 saturated heterocycles. The molecule has 2 rings (SSSR count). The van der Waals surface area contributed by atoms with Crippen LogP contribution in [0.15, 0.2) is 36.5 Å². The molecule has 1 N–H and O–H groups in total. The first-order valence-electron chi connectivity index (χ1n) is 8.21. The van der Waals surface area contributed by atoms with Gasteiger partial charge in [0.15, 0.2) is 0 Å². The molecule has 132 valence electrons. The zero-order valence-corrected chi connectivity index (χ0v) is 14.9. The van der Waals surface area contributed by atoms with Crippen molar-refractivity contribution in [1.29, 1.82) is 0 Å². The lowest BCUT2D eigenvalue weighted by atomic mass is 10.0. The third-order valence-electron chi connectivity index (χ3n) is 3.53. The van der Waals surface area contributed by atoms with Crippen LogP contribution in [0.1, 0.15) is 53.7 Å². The maximum Gasteiger partial charge on any atom is 0.308 e. The van der Waals surface area contributed by atoms with Gasteiger partial charge in [-0.1, -0.05) is 29.8 Å². The summed E-state index contributed by atoms with van der Waals surface area (Å²) in [7, 11) is 0. The average molecular weight is 341 g/mol. The molecule has 1 atom stereocenters. The minimum absolute atomic E-state index is 0.0526. The number of rotatable bonds is 6. The Labute approximate surface area is 147 Å². The Balaban J connectivity index is 2.20. The third-order valence-corrected chi connectivity index (χ3v) is 3.53. The van der Waals surface area contributed by atoms with Crippen molar-refractivity contribution in [2.24, 2.45) is 0 Å². The molecule has 0 spiro atoms. The van der Waals surface area contributed by atoms with Crippen molar-refractivity contribution in [2.45, 2.75) is 46.3 Å². The number of carbonyl (C=O) groups excluding carboxylic acids is 2. The summed E-state index contributed by atoms with van der Waals surface area (Å²) in [5, 5.41) is 2.87. The highest BCUT2D eigenvalue weighted by Crippen LogP contribution is 2.19. The Bertz CT molecular complexity index is 742. The van der Waals surface area contributed by atoms with Crippen LogP contribution in [-0.2, 0) is 9.53 Å². The van der Waals surface area contributed by atoms with Crippen LogP contribution in [0.2, 0.25) is 0 Å². The summed E-state index contributed by atoms with van der Waals surface area (Å²) in [6.07, 6.45) is 1.38. The van der Waals surface area contributed by atoms with Crippen molar-refractivity contribution >= 4 is 11.9 Å². The van der Waals surface area contributed by atoms with Crippen LogP contribution in [-0.4, -0.2) is 27.9 Å². The molecule has 0 saturated carbocycles. The van der Waals surface area contributed by atoms with Gasteiger partial charge >= 0.3 is 5.97 Å². The predicted molar refractivity (Wildman–Crippen MR) is 94.0 cm³/mol. The first-order valence-corrected chi connectivity index (χ1v) is 8.21. The van der Waals surface area contributed by atoms with E-state index in [1.807, 2.05) is 31.2 Å². The van der Waals surface area contributed by atoms with Crippen molar-refractivity contribution in [2.75, 3.05) is 0 Å². The van der Waals surface area contributed by atoms with Gasteiger partial charge in [-0.3, -0.25) is 9.59 Å². The second kappa shape index (κ2) is 8.37. The molecule has 1 amide bonds. The van der Waals surface area contributed by atoms with E-state index in [0.29, 0.717) is 5.82 Å². The number of benzene rings is 1. The van der Waals surface area contributed by atoms with Crippen LogP contribution in [0.3, 0.4) is 0 Å². The highest BCUT2D eigenvalue weighted by atomic mass is 16.5. The number of nitrogens with zero attached hydrogens (tertiary/aromatic N) is 2. The molecule has 2 aromatic rings. The minimum atomic E-state index is -0.491. The molecule has 1 aromatic carbocycles. The monoisotopic (exact) mass is 341 g/mol. The van der Waals surface area contributed by atoms with E-state index in [9.17, 15) is 9.59 Å². The summed E-state index contributed by atoms with van der Waals surface area (Å²) in [5.41, 5.74) is 2.21. The number of hydrogen-bond donors (Lipinski definition) is 1. The van der Waals surface area contributed by atoms with Crippen molar-refractivity contribution in [3.8, 4) is 0 Å². The van der Waals surface area contributed by atoms with Crippen molar-refractivity contribution in [3.05, 3.63) is 59.2 Å². The molecular formula is C19H23N3O3. The Morgan fingerprint density at radius 2 is 1.80 bits per heavy atom. The fourth-order valence-corrected chi connectivity index (χ4v) is 2.34. The molecule has 0 aliphatic carbocycles. The number of aromatic nitrogens is 2. The summed E-state index contributed by atoms with van der Waals surface area (Å²) in [4.78, 5) is 32.7. The van der Waals surface area contributed by atoms with Gasteiger partial charge < -0.3 is 10.1 Å². The number of aryl methyl sites for hydroxylation is 2. The van der Waals surface area contributed by atoms with Gasteiger partial charge in [-0.2, -0.15) is 0 Å². The van der Waals surface area contributed by atoms with Crippen molar-refractivity contribution in [1.82, 2.24) is 15.3 Å². The second-order valence-electron chi connectivity index (χ2n) is 6.17. The zero-order valence-electron chi connectivity index (χ0n) is 14.9. The molecule has 1 heterocycles. The molecule has 0 bridgehead atoms. The van der Waals surface area contributed by atoms with E-state index in [0.717, 1.165) is 11.1 Å². The van der Waals surface area contributed by atoms with Crippen LogP contribution in [0.5, 0.6) is 0 Å². The molecule has 0 fully saturated rings. The largest absolute Gasteiger partial charge is 0.463 e. The van der Waals surface area contributed by atoms with E-state index in [4.69, 9.17) is 4.74 Å². The van der Waals surface area contributed by atoms with Gasteiger partial charge in [0.05, 0.1) is 18.6 Å². The second-order valence-corrected chi connectivity index (χ2v) is 6.17. The summed E-state index contributed by atoms with van der Waals surface area (Å²) in [6.45, 7) is 7.28. The smallest absolute Gasteiger partial charge is 0.308 e. The fourth-order valence-electron chi connectivity index (χ4n) is 2.34. The van der Waals surface area contributed by atoms with Crippen molar-refractivity contribution < 1.29 is 14.3 Å². The van der Waals surface area contributed by atoms with Crippen molar-refractivity contribution in [3.63, 3.8) is 0 Å². The summed E-state index contributed by atoms with van der Waals surface area (Å²) >= 11 is 0. The van der Waals surface area contributed by atoms with Gasteiger partial charge in [-0.25, -0.2) is 9.97 Å². The molecule has 1 aromatic heterocycles. The summed E-state index contributed by atoms with van der Waals surface area (Å²) in [6, 6.07) is 8.73. The lowest BCUT2D eigenvalue weighted by Crippen LogP contribution is -2.31. The van der Waals surface area contributed by atoms with E-state index in [1.165, 1.54) is 6.20 Å². The number of esters is 1. The maximum absolute atomic E-state index is 12.5. The third kappa shape index (κ3) is 5.67. The molecular weight excluding hydrogens is 318 g/mol. The minimum Gasteiger partial charge on any atom is -0.463 e. The van der Waals surface area contributed by atoms with Crippen LogP contribution < -0.4 is 5.32 Å². The number of carbonyl (C=O) groups is 2. The standard InChI is InChI=1S/C19H23N3O3/c1-12(2)25-18(23)11-17(15-7-5-13(3)6-8-15)22-19(24)16-9-10-20-14(4)21-16/h5-10,12,17H,11H2,1-4H3,(H,22,24)/t17-/m0/s1. The summed E-state index contributed by atoms with van der Waals surface area (Å²) in [5.74, 6) is -0.202. The average Bonchev–Trinajstić information content (AvgIpc) is 2.54. The predicted octanol–water partition coefficient (Wildman–Crippen LogP) is 2.91. The van der Waals surface area contributed by atoms with Crippen LogP contribution in [0.4, 0.5) is 0 Å². The Hall–Kier alpha value is -2.76. The van der Waals surface area contributed by atoms with Crippen LogP contribution in [0, 0.1) is 13.8 Å².